The third kappa shape index (κ3) is 7.07. The van der Waals surface area contributed by atoms with Crippen LogP contribution in [0.1, 0.15) is 18.1 Å². The number of hydrogen-bond donors (Lipinski definition) is 3. The lowest BCUT2D eigenvalue weighted by Crippen LogP contribution is -2.28. The Bertz CT molecular complexity index is 984. The monoisotopic (exact) mass is 402 g/mol. The highest BCUT2D eigenvalue weighted by atomic mass is 16.5. The first-order valence-corrected chi connectivity index (χ1v) is 10.4. The number of nitrogens with one attached hydrogen (secondary N) is 2. The van der Waals surface area contributed by atoms with E-state index in [1.54, 1.807) is 0 Å². The molecule has 30 heavy (non-hydrogen) atoms. The number of benzene rings is 3. The molecule has 0 amide bonds. The van der Waals surface area contributed by atoms with Crippen LogP contribution in [0.25, 0.3) is 10.9 Å². The molecule has 4 heteroatoms. The standard InChI is InChI=1S/C15H13NO.C11H17NO/c1-2-4-12(5-3-1)11-17-14-6-7-15-13(10-14)8-9-16-15;1-2-12-9-11(13)8-10-6-4-3-5-7-10/h1-10,16H,11H2;3-7,11-13H,2,8-9H2,1H3. The number of hydrogen-bond acceptors (Lipinski definition) is 3. The summed E-state index contributed by atoms with van der Waals surface area (Å²) in [6.45, 7) is 4.23. The van der Waals surface area contributed by atoms with Crippen molar-refractivity contribution in [1.29, 1.82) is 0 Å². The van der Waals surface area contributed by atoms with Crippen molar-refractivity contribution < 1.29 is 9.84 Å². The number of likely N-dealkylation sites (N-methyl/N-ethyl adjacent to an activating group) is 1. The van der Waals surface area contributed by atoms with Crippen LogP contribution >= 0.6 is 0 Å². The minimum absolute atomic E-state index is 0.276. The highest BCUT2D eigenvalue weighted by Gasteiger charge is 2.03. The van der Waals surface area contributed by atoms with Crippen molar-refractivity contribution in [1.82, 2.24) is 10.3 Å². The summed E-state index contributed by atoms with van der Waals surface area (Å²) in [7, 11) is 0. The third-order valence-electron chi connectivity index (χ3n) is 4.72. The summed E-state index contributed by atoms with van der Waals surface area (Å²) in [5.41, 5.74) is 3.51. The fourth-order valence-corrected chi connectivity index (χ4v) is 3.13. The first kappa shape index (κ1) is 21.6. The zero-order valence-electron chi connectivity index (χ0n) is 17.4. The van der Waals surface area contributed by atoms with Crippen LogP contribution in [-0.4, -0.2) is 29.3 Å². The number of fused-ring (bicyclic) bond motifs is 1. The number of aliphatic hydroxyl groups is 1. The minimum Gasteiger partial charge on any atom is -0.489 e. The molecule has 0 bridgehead atoms. The molecule has 1 atom stereocenters. The minimum atomic E-state index is -0.276. The van der Waals surface area contributed by atoms with Crippen LogP contribution in [0.4, 0.5) is 0 Å². The van der Waals surface area contributed by atoms with E-state index in [1.807, 2.05) is 79.9 Å². The molecule has 0 aliphatic heterocycles. The quantitative estimate of drug-likeness (QED) is 0.391. The van der Waals surface area contributed by atoms with Gasteiger partial charge in [-0.25, -0.2) is 0 Å². The average Bonchev–Trinajstić information content (AvgIpc) is 3.26. The van der Waals surface area contributed by atoms with Gasteiger partial charge in [0.25, 0.3) is 0 Å². The number of aromatic amines is 1. The first-order chi connectivity index (χ1) is 14.7. The number of H-pyrrole nitrogens is 1. The summed E-state index contributed by atoms with van der Waals surface area (Å²) in [6.07, 6.45) is 2.39. The maximum Gasteiger partial charge on any atom is 0.120 e. The second kappa shape index (κ2) is 11.8. The molecule has 0 saturated carbocycles. The van der Waals surface area contributed by atoms with E-state index in [4.69, 9.17) is 4.74 Å². The van der Waals surface area contributed by atoms with E-state index in [2.05, 4.69) is 28.5 Å². The van der Waals surface area contributed by atoms with Crippen LogP contribution < -0.4 is 10.1 Å². The zero-order valence-corrected chi connectivity index (χ0v) is 17.4. The molecule has 4 nitrogen and oxygen atoms in total. The molecule has 0 radical (unpaired) electrons. The van der Waals surface area contributed by atoms with Gasteiger partial charge in [-0.15, -0.1) is 0 Å². The molecule has 1 heterocycles. The molecule has 1 unspecified atom stereocenters. The molecule has 4 rings (SSSR count). The van der Waals surface area contributed by atoms with Crippen LogP contribution in [0.2, 0.25) is 0 Å². The van der Waals surface area contributed by atoms with Gasteiger partial charge in [-0.05, 0) is 48.4 Å². The predicted molar refractivity (Wildman–Crippen MR) is 124 cm³/mol. The lowest BCUT2D eigenvalue weighted by atomic mass is 10.1. The fourth-order valence-electron chi connectivity index (χ4n) is 3.13. The zero-order chi connectivity index (χ0) is 21.0. The molecule has 0 aliphatic carbocycles. The maximum absolute atomic E-state index is 9.57. The second-order valence-electron chi connectivity index (χ2n) is 7.15. The van der Waals surface area contributed by atoms with Crippen LogP contribution in [0.15, 0.2) is 91.1 Å². The number of aromatic nitrogens is 1. The van der Waals surface area contributed by atoms with Crippen molar-refractivity contribution in [2.45, 2.75) is 26.1 Å². The molecule has 0 aliphatic rings. The van der Waals surface area contributed by atoms with Gasteiger partial charge in [0.1, 0.15) is 12.4 Å². The Labute approximate surface area is 178 Å². The average molecular weight is 403 g/mol. The van der Waals surface area contributed by atoms with Gasteiger partial charge >= 0.3 is 0 Å². The van der Waals surface area contributed by atoms with Crippen molar-refractivity contribution in [2.75, 3.05) is 13.1 Å². The van der Waals surface area contributed by atoms with Gasteiger partial charge in [-0.3, -0.25) is 0 Å². The Morgan fingerprint density at radius 2 is 1.60 bits per heavy atom. The van der Waals surface area contributed by atoms with Crippen molar-refractivity contribution in [2.24, 2.45) is 0 Å². The van der Waals surface area contributed by atoms with Gasteiger partial charge in [0.2, 0.25) is 0 Å². The van der Waals surface area contributed by atoms with Gasteiger partial charge in [-0.2, -0.15) is 0 Å². The maximum atomic E-state index is 9.57. The van der Waals surface area contributed by atoms with Gasteiger partial charge in [0, 0.05) is 23.6 Å². The summed E-state index contributed by atoms with van der Waals surface area (Å²) in [6, 6.07) is 28.4. The molecule has 0 saturated heterocycles. The van der Waals surface area contributed by atoms with E-state index in [0.29, 0.717) is 13.2 Å². The van der Waals surface area contributed by atoms with E-state index in [0.717, 1.165) is 24.2 Å². The molecule has 1 aromatic heterocycles. The third-order valence-corrected chi connectivity index (χ3v) is 4.72. The molecule has 0 spiro atoms. The van der Waals surface area contributed by atoms with Crippen LogP contribution in [-0.2, 0) is 13.0 Å². The topological polar surface area (TPSA) is 57.3 Å². The largest absolute Gasteiger partial charge is 0.489 e. The van der Waals surface area contributed by atoms with Gasteiger partial charge in [0.15, 0.2) is 0 Å². The Kier molecular flexibility index (Phi) is 8.51. The van der Waals surface area contributed by atoms with Gasteiger partial charge in [0.05, 0.1) is 6.10 Å². The number of aliphatic hydroxyl groups excluding tert-OH is 1. The van der Waals surface area contributed by atoms with Gasteiger partial charge in [-0.1, -0.05) is 67.6 Å². The molecular weight excluding hydrogens is 372 g/mol. The van der Waals surface area contributed by atoms with Gasteiger partial charge < -0.3 is 20.1 Å². The Morgan fingerprint density at radius 3 is 2.30 bits per heavy atom. The van der Waals surface area contributed by atoms with Crippen molar-refractivity contribution in [3.8, 4) is 5.75 Å². The fraction of sp³-hybridized carbons (Fsp3) is 0.231. The smallest absolute Gasteiger partial charge is 0.120 e. The lowest BCUT2D eigenvalue weighted by Gasteiger charge is -2.10. The van der Waals surface area contributed by atoms with E-state index < -0.39 is 0 Å². The molecule has 3 N–H and O–H groups in total. The summed E-state index contributed by atoms with van der Waals surface area (Å²) in [5, 5.41) is 13.9. The first-order valence-electron chi connectivity index (χ1n) is 10.4. The SMILES string of the molecule is CCNCC(O)Cc1ccccc1.c1ccc(COc2ccc3[nH]ccc3c2)cc1. The van der Waals surface area contributed by atoms with Crippen molar-refractivity contribution in [3.05, 3.63) is 102 Å². The summed E-state index contributed by atoms with van der Waals surface area (Å²) in [5.74, 6) is 0.904. The number of rotatable bonds is 8. The molecule has 3 aromatic carbocycles. The highest BCUT2D eigenvalue weighted by molar-refractivity contribution is 5.80. The van der Waals surface area contributed by atoms with Crippen molar-refractivity contribution >= 4 is 10.9 Å². The van der Waals surface area contributed by atoms with Crippen LogP contribution in [0.3, 0.4) is 0 Å². The van der Waals surface area contributed by atoms with Crippen LogP contribution in [0.5, 0.6) is 5.75 Å². The summed E-state index contributed by atoms with van der Waals surface area (Å²) < 4.78 is 5.76. The highest BCUT2D eigenvalue weighted by Crippen LogP contribution is 2.20. The molecular formula is C26H30N2O2. The predicted octanol–water partition coefficient (Wildman–Crippen LogP) is 4.95. The Hall–Kier alpha value is -3.08. The second-order valence-corrected chi connectivity index (χ2v) is 7.15. The van der Waals surface area contributed by atoms with Crippen LogP contribution in [0, 0.1) is 0 Å². The normalized spacial score (nSPS) is 11.5. The summed E-state index contributed by atoms with van der Waals surface area (Å²) in [4.78, 5) is 3.16. The Morgan fingerprint density at radius 1 is 0.900 bits per heavy atom. The van der Waals surface area contributed by atoms with E-state index in [1.165, 1.54) is 16.5 Å². The van der Waals surface area contributed by atoms with E-state index >= 15 is 0 Å². The van der Waals surface area contributed by atoms with E-state index in [9.17, 15) is 5.11 Å². The van der Waals surface area contributed by atoms with Crippen molar-refractivity contribution in [3.63, 3.8) is 0 Å². The van der Waals surface area contributed by atoms with E-state index in [-0.39, 0.29) is 6.10 Å². The molecule has 156 valence electrons. The molecule has 4 aromatic rings. The summed E-state index contributed by atoms with van der Waals surface area (Å²) >= 11 is 0. The lowest BCUT2D eigenvalue weighted by molar-refractivity contribution is 0.173. The number of ether oxygens (including phenoxy) is 1. The Balaban J connectivity index is 0.000000178. The molecule has 0 fully saturated rings.